The lowest BCUT2D eigenvalue weighted by molar-refractivity contribution is 0.181. The summed E-state index contributed by atoms with van der Waals surface area (Å²) in [4.78, 5) is 19.1. The van der Waals surface area contributed by atoms with Crippen LogP contribution in [0.15, 0.2) is 67.1 Å². The number of urea groups is 1. The molecule has 2 aromatic heterocycles. The lowest BCUT2D eigenvalue weighted by Crippen LogP contribution is -2.44. The summed E-state index contributed by atoms with van der Waals surface area (Å²) >= 11 is 0. The van der Waals surface area contributed by atoms with Gasteiger partial charge in [-0.15, -0.1) is 0 Å². The molecule has 0 unspecified atom stereocenters. The first-order valence-corrected chi connectivity index (χ1v) is 8.53. The Bertz CT molecular complexity index is 890. The van der Waals surface area contributed by atoms with Gasteiger partial charge in [0.1, 0.15) is 11.8 Å². The number of amides is 2. The third kappa shape index (κ3) is 3.01. The van der Waals surface area contributed by atoms with Crippen LogP contribution in [0.4, 0.5) is 10.5 Å². The van der Waals surface area contributed by atoms with Crippen LogP contribution in [0.1, 0.15) is 17.3 Å². The second-order valence-corrected chi connectivity index (χ2v) is 6.17. The lowest BCUT2D eigenvalue weighted by atomic mass is 10.0. The maximum absolute atomic E-state index is 13.0. The Morgan fingerprint density at radius 2 is 2.00 bits per heavy atom. The van der Waals surface area contributed by atoms with Gasteiger partial charge < -0.3 is 19.5 Å². The molecule has 132 valence electrons. The number of pyridine rings is 1. The fourth-order valence-electron chi connectivity index (χ4n) is 3.36. The van der Waals surface area contributed by atoms with Crippen LogP contribution in [-0.4, -0.2) is 34.1 Å². The van der Waals surface area contributed by atoms with E-state index in [0.717, 1.165) is 29.2 Å². The number of hydrogen-bond acceptors (Lipinski definition) is 3. The molecule has 1 N–H and O–H groups in total. The zero-order chi connectivity index (χ0) is 17.9. The van der Waals surface area contributed by atoms with E-state index in [-0.39, 0.29) is 12.1 Å². The molecular weight excluding hydrogens is 328 g/mol. The fraction of sp³-hybridized carbons (Fsp3) is 0.200. The monoisotopic (exact) mass is 348 g/mol. The van der Waals surface area contributed by atoms with Crippen molar-refractivity contribution in [3.8, 4) is 5.75 Å². The van der Waals surface area contributed by atoms with Crippen LogP contribution < -0.4 is 10.1 Å². The first-order chi connectivity index (χ1) is 12.8. The van der Waals surface area contributed by atoms with Crippen molar-refractivity contribution in [2.75, 3.05) is 19.0 Å². The van der Waals surface area contributed by atoms with E-state index in [4.69, 9.17) is 4.74 Å². The topological polar surface area (TPSA) is 59.4 Å². The predicted molar refractivity (Wildman–Crippen MR) is 99.2 cm³/mol. The lowest BCUT2D eigenvalue weighted by Gasteiger charge is -2.37. The summed E-state index contributed by atoms with van der Waals surface area (Å²) in [5, 5.41) is 2.99. The standard InChI is InChI=1S/C20H20N4O2/c1-26-17-8-6-16(7-9-17)22-20(25)24-13-12-23-11-3-5-18(23)19(24)15-4-2-10-21-14-15/h2-11,14,19H,12-13H2,1H3,(H,22,25)/t19-/m0/s1. The number of nitrogens with zero attached hydrogens (tertiary/aromatic N) is 3. The highest BCUT2D eigenvalue weighted by Crippen LogP contribution is 2.32. The van der Waals surface area contributed by atoms with Crippen LogP contribution in [0.25, 0.3) is 0 Å². The molecule has 1 aliphatic rings. The van der Waals surface area contributed by atoms with Gasteiger partial charge in [-0.25, -0.2) is 4.79 Å². The first-order valence-electron chi connectivity index (χ1n) is 8.53. The molecule has 1 aromatic carbocycles. The number of fused-ring (bicyclic) bond motifs is 1. The molecule has 1 aliphatic heterocycles. The molecule has 26 heavy (non-hydrogen) atoms. The summed E-state index contributed by atoms with van der Waals surface area (Å²) in [6.45, 7) is 1.40. The SMILES string of the molecule is COc1ccc(NC(=O)N2CCn3cccc3[C@@H]2c2cccnc2)cc1. The number of anilines is 1. The highest BCUT2D eigenvalue weighted by molar-refractivity contribution is 5.90. The normalized spacial score (nSPS) is 16.0. The van der Waals surface area contributed by atoms with Gasteiger partial charge in [-0.05, 0) is 48.0 Å². The van der Waals surface area contributed by atoms with Gasteiger partial charge >= 0.3 is 6.03 Å². The number of ether oxygens (including phenoxy) is 1. The number of nitrogens with one attached hydrogen (secondary N) is 1. The summed E-state index contributed by atoms with van der Waals surface area (Å²) < 4.78 is 7.35. The molecule has 0 saturated heterocycles. The second-order valence-electron chi connectivity index (χ2n) is 6.17. The van der Waals surface area contributed by atoms with Crippen molar-refractivity contribution in [3.63, 3.8) is 0 Å². The highest BCUT2D eigenvalue weighted by Gasteiger charge is 2.32. The van der Waals surface area contributed by atoms with Gasteiger partial charge in [0.2, 0.25) is 0 Å². The largest absolute Gasteiger partial charge is 0.497 e. The van der Waals surface area contributed by atoms with Crippen LogP contribution in [0.2, 0.25) is 0 Å². The average Bonchev–Trinajstić information content (AvgIpc) is 3.17. The molecule has 2 amide bonds. The van der Waals surface area contributed by atoms with E-state index in [1.54, 1.807) is 13.3 Å². The van der Waals surface area contributed by atoms with E-state index in [0.29, 0.717) is 6.54 Å². The van der Waals surface area contributed by atoms with Crippen molar-refractivity contribution < 1.29 is 9.53 Å². The van der Waals surface area contributed by atoms with E-state index < -0.39 is 0 Å². The van der Waals surface area contributed by atoms with E-state index >= 15 is 0 Å². The Labute approximate surface area is 152 Å². The minimum Gasteiger partial charge on any atom is -0.497 e. The van der Waals surface area contributed by atoms with Crippen LogP contribution >= 0.6 is 0 Å². The van der Waals surface area contributed by atoms with Crippen LogP contribution in [-0.2, 0) is 6.54 Å². The summed E-state index contributed by atoms with van der Waals surface area (Å²) in [6, 6.07) is 15.0. The first kappa shape index (κ1) is 16.2. The van der Waals surface area contributed by atoms with E-state index in [1.807, 2.05) is 53.6 Å². The minimum atomic E-state index is -0.161. The molecule has 4 rings (SSSR count). The third-order valence-electron chi connectivity index (χ3n) is 4.64. The van der Waals surface area contributed by atoms with Gasteiger partial charge in [-0.1, -0.05) is 6.07 Å². The number of rotatable bonds is 3. The van der Waals surface area contributed by atoms with Crippen molar-refractivity contribution >= 4 is 11.7 Å². The summed E-state index contributed by atoms with van der Waals surface area (Å²) in [5.41, 5.74) is 2.83. The quantitative estimate of drug-likeness (QED) is 0.788. The highest BCUT2D eigenvalue weighted by atomic mass is 16.5. The van der Waals surface area contributed by atoms with Crippen LogP contribution in [0.3, 0.4) is 0 Å². The van der Waals surface area contributed by atoms with Gasteiger partial charge in [0.25, 0.3) is 0 Å². The number of methoxy groups -OCH3 is 1. The zero-order valence-corrected chi connectivity index (χ0v) is 14.5. The van der Waals surface area contributed by atoms with Crippen LogP contribution in [0, 0.1) is 0 Å². The van der Waals surface area contributed by atoms with Crippen molar-refractivity contribution in [3.05, 3.63) is 78.4 Å². The molecule has 3 heterocycles. The Morgan fingerprint density at radius 3 is 2.73 bits per heavy atom. The van der Waals surface area contributed by atoms with E-state index in [2.05, 4.69) is 27.1 Å². The molecule has 1 atom stereocenters. The average molecular weight is 348 g/mol. The van der Waals surface area contributed by atoms with Gasteiger partial charge in [-0.3, -0.25) is 4.98 Å². The zero-order valence-electron chi connectivity index (χ0n) is 14.5. The Balaban J connectivity index is 1.62. The molecular formula is C20H20N4O2. The van der Waals surface area contributed by atoms with Gasteiger partial charge in [-0.2, -0.15) is 0 Å². The molecule has 3 aromatic rings. The third-order valence-corrected chi connectivity index (χ3v) is 4.64. The molecule has 0 spiro atoms. The number of carbonyl (C=O) groups excluding carboxylic acids is 1. The Hall–Kier alpha value is -3.28. The summed E-state index contributed by atoms with van der Waals surface area (Å²) in [5.74, 6) is 0.757. The second kappa shape index (κ2) is 6.92. The molecule has 0 radical (unpaired) electrons. The van der Waals surface area contributed by atoms with Crippen molar-refractivity contribution in [1.82, 2.24) is 14.5 Å². The van der Waals surface area contributed by atoms with Crippen molar-refractivity contribution in [2.45, 2.75) is 12.6 Å². The Morgan fingerprint density at radius 1 is 1.15 bits per heavy atom. The Kier molecular flexibility index (Phi) is 4.31. The van der Waals surface area contributed by atoms with Gasteiger partial charge in [0.05, 0.1) is 7.11 Å². The van der Waals surface area contributed by atoms with E-state index in [9.17, 15) is 4.79 Å². The van der Waals surface area contributed by atoms with E-state index in [1.165, 1.54) is 0 Å². The number of benzene rings is 1. The molecule has 0 aliphatic carbocycles. The van der Waals surface area contributed by atoms with Gasteiger partial charge in [0.15, 0.2) is 0 Å². The maximum atomic E-state index is 13.0. The predicted octanol–water partition coefficient (Wildman–Crippen LogP) is 3.53. The number of aromatic nitrogens is 2. The molecule has 0 bridgehead atoms. The van der Waals surface area contributed by atoms with Crippen LogP contribution in [0.5, 0.6) is 5.75 Å². The van der Waals surface area contributed by atoms with Crippen molar-refractivity contribution in [1.29, 1.82) is 0 Å². The summed E-state index contributed by atoms with van der Waals surface area (Å²) in [6.07, 6.45) is 5.62. The smallest absolute Gasteiger partial charge is 0.322 e. The fourth-order valence-corrected chi connectivity index (χ4v) is 3.36. The molecule has 0 saturated carbocycles. The number of carbonyl (C=O) groups is 1. The molecule has 6 nitrogen and oxygen atoms in total. The molecule has 0 fully saturated rings. The van der Waals surface area contributed by atoms with Gasteiger partial charge in [0, 0.05) is 43.1 Å². The molecule has 6 heteroatoms. The number of hydrogen-bond donors (Lipinski definition) is 1. The van der Waals surface area contributed by atoms with Crippen molar-refractivity contribution in [2.24, 2.45) is 0 Å². The minimum absolute atomic E-state index is 0.128. The summed E-state index contributed by atoms with van der Waals surface area (Å²) in [7, 11) is 1.62. The maximum Gasteiger partial charge on any atom is 0.322 e.